The van der Waals surface area contributed by atoms with Crippen LogP contribution in [0, 0.1) is 11.7 Å². The standard InChI is InChI=1S/C23H29FN4O2/c1-16(19-10-11-21(20(24)14-19)30-15-17-8-9-17)28-23(25-2)27-13-12-26-22(29)18-6-4-3-5-7-18/h3-7,10-11,14,16-17H,8-9,12-13,15H2,1-2H3,(H,26,29)(H2,25,27,28). The summed E-state index contributed by atoms with van der Waals surface area (Å²) >= 11 is 0. The van der Waals surface area contributed by atoms with Crippen molar-refractivity contribution < 1.29 is 13.9 Å². The van der Waals surface area contributed by atoms with Gasteiger partial charge in [0, 0.05) is 25.7 Å². The Morgan fingerprint density at radius 3 is 2.57 bits per heavy atom. The van der Waals surface area contributed by atoms with Gasteiger partial charge in [-0.3, -0.25) is 9.79 Å². The minimum atomic E-state index is -0.353. The molecule has 160 valence electrons. The highest BCUT2D eigenvalue weighted by Crippen LogP contribution is 2.30. The monoisotopic (exact) mass is 412 g/mol. The Labute approximate surface area is 176 Å². The molecule has 0 radical (unpaired) electrons. The predicted octanol–water partition coefficient (Wildman–Crippen LogP) is 3.27. The van der Waals surface area contributed by atoms with Gasteiger partial charge in [0.2, 0.25) is 0 Å². The van der Waals surface area contributed by atoms with Gasteiger partial charge in [0.1, 0.15) is 0 Å². The number of ether oxygens (including phenoxy) is 1. The number of carbonyl (C=O) groups is 1. The Morgan fingerprint density at radius 1 is 1.17 bits per heavy atom. The molecule has 1 aliphatic rings. The summed E-state index contributed by atoms with van der Waals surface area (Å²) in [7, 11) is 1.67. The number of rotatable bonds is 9. The van der Waals surface area contributed by atoms with Crippen molar-refractivity contribution in [2.45, 2.75) is 25.8 Å². The number of aliphatic imine (C=N–C) groups is 1. The lowest BCUT2D eigenvalue weighted by atomic mass is 10.1. The highest BCUT2D eigenvalue weighted by molar-refractivity contribution is 5.94. The number of halogens is 1. The zero-order chi connectivity index (χ0) is 21.3. The summed E-state index contributed by atoms with van der Waals surface area (Å²) in [5, 5.41) is 9.23. The summed E-state index contributed by atoms with van der Waals surface area (Å²) in [6.07, 6.45) is 2.34. The zero-order valence-electron chi connectivity index (χ0n) is 17.5. The third kappa shape index (κ3) is 6.47. The maximum atomic E-state index is 14.3. The van der Waals surface area contributed by atoms with Gasteiger partial charge in [-0.25, -0.2) is 4.39 Å². The molecular weight excluding hydrogens is 383 g/mol. The molecule has 3 rings (SSSR count). The second kappa shape index (κ2) is 10.6. The fourth-order valence-electron chi connectivity index (χ4n) is 2.93. The smallest absolute Gasteiger partial charge is 0.251 e. The molecule has 7 heteroatoms. The van der Waals surface area contributed by atoms with E-state index < -0.39 is 0 Å². The van der Waals surface area contributed by atoms with Crippen LogP contribution in [0.4, 0.5) is 4.39 Å². The molecule has 30 heavy (non-hydrogen) atoms. The summed E-state index contributed by atoms with van der Waals surface area (Å²) < 4.78 is 19.9. The van der Waals surface area contributed by atoms with Gasteiger partial charge in [0.25, 0.3) is 5.91 Å². The Morgan fingerprint density at radius 2 is 1.90 bits per heavy atom. The van der Waals surface area contributed by atoms with E-state index in [-0.39, 0.29) is 17.8 Å². The van der Waals surface area contributed by atoms with E-state index in [9.17, 15) is 9.18 Å². The van der Waals surface area contributed by atoms with Crippen LogP contribution in [-0.2, 0) is 0 Å². The quantitative estimate of drug-likeness (QED) is 0.336. The minimum absolute atomic E-state index is 0.117. The molecule has 0 aliphatic heterocycles. The molecule has 1 atom stereocenters. The third-order valence-electron chi connectivity index (χ3n) is 4.94. The number of nitrogens with one attached hydrogen (secondary N) is 3. The molecule has 3 N–H and O–H groups in total. The molecule has 2 aromatic rings. The average molecular weight is 413 g/mol. The Hall–Kier alpha value is -3.09. The van der Waals surface area contributed by atoms with E-state index >= 15 is 0 Å². The van der Waals surface area contributed by atoms with Crippen molar-refractivity contribution >= 4 is 11.9 Å². The van der Waals surface area contributed by atoms with Crippen molar-refractivity contribution in [3.63, 3.8) is 0 Å². The van der Waals surface area contributed by atoms with Crippen LogP contribution >= 0.6 is 0 Å². The highest BCUT2D eigenvalue weighted by Gasteiger charge is 2.22. The second-order valence-electron chi connectivity index (χ2n) is 7.43. The summed E-state index contributed by atoms with van der Waals surface area (Å²) in [6, 6.07) is 13.9. The molecule has 0 spiro atoms. The van der Waals surface area contributed by atoms with Gasteiger partial charge < -0.3 is 20.7 Å². The summed E-state index contributed by atoms with van der Waals surface area (Å²) in [6.45, 7) is 3.47. The van der Waals surface area contributed by atoms with E-state index in [0.717, 1.165) is 5.56 Å². The van der Waals surface area contributed by atoms with E-state index in [1.807, 2.05) is 31.2 Å². The van der Waals surface area contributed by atoms with Crippen molar-refractivity contribution in [2.75, 3.05) is 26.7 Å². The molecule has 1 fully saturated rings. The molecule has 1 amide bonds. The van der Waals surface area contributed by atoms with Crippen LogP contribution in [0.2, 0.25) is 0 Å². The van der Waals surface area contributed by atoms with Gasteiger partial charge in [-0.05, 0) is 55.5 Å². The van der Waals surface area contributed by atoms with Gasteiger partial charge in [0.05, 0.1) is 12.6 Å². The molecule has 2 aromatic carbocycles. The molecular formula is C23H29FN4O2. The number of hydrogen-bond acceptors (Lipinski definition) is 3. The Balaban J connectivity index is 1.43. The largest absolute Gasteiger partial charge is 0.490 e. The summed E-state index contributed by atoms with van der Waals surface area (Å²) in [5.74, 6) is 0.985. The molecule has 0 bridgehead atoms. The topological polar surface area (TPSA) is 74.8 Å². The molecule has 1 unspecified atom stereocenters. The molecule has 0 heterocycles. The highest BCUT2D eigenvalue weighted by atomic mass is 19.1. The van der Waals surface area contributed by atoms with Crippen molar-refractivity contribution in [3.8, 4) is 5.75 Å². The number of guanidine groups is 1. The first-order valence-corrected chi connectivity index (χ1v) is 10.3. The zero-order valence-corrected chi connectivity index (χ0v) is 17.5. The average Bonchev–Trinajstić information content (AvgIpc) is 3.59. The first-order valence-electron chi connectivity index (χ1n) is 10.3. The van der Waals surface area contributed by atoms with Crippen molar-refractivity contribution in [3.05, 3.63) is 65.5 Å². The van der Waals surface area contributed by atoms with Gasteiger partial charge in [0.15, 0.2) is 17.5 Å². The first-order chi connectivity index (χ1) is 14.6. The fourth-order valence-corrected chi connectivity index (χ4v) is 2.93. The minimum Gasteiger partial charge on any atom is -0.490 e. The lowest BCUT2D eigenvalue weighted by molar-refractivity contribution is 0.0954. The maximum absolute atomic E-state index is 14.3. The number of benzene rings is 2. The van der Waals surface area contributed by atoms with Crippen LogP contribution in [-0.4, -0.2) is 38.6 Å². The van der Waals surface area contributed by atoms with Crippen molar-refractivity contribution in [2.24, 2.45) is 10.9 Å². The van der Waals surface area contributed by atoms with Crippen LogP contribution in [0.1, 0.15) is 41.7 Å². The van der Waals surface area contributed by atoms with Crippen LogP contribution in [0.15, 0.2) is 53.5 Å². The Kier molecular flexibility index (Phi) is 7.65. The first kappa shape index (κ1) is 21.6. The summed E-state index contributed by atoms with van der Waals surface area (Å²) in [4.78, 5) is 16.2. The van der Waals surface area contributed by atoms with E-state index in [2.05, 4.69) is 20.9 Å². The number of nitrogens with zero attached hydrogens (tertiary/aromatic N) is 1. The second-order valence-corrected chi connectivity index (χ2v) is 7.43. The normalized spacial score (nSPS) is 14.7. The number of hydrogen-bond donors (Lipinski definition) is 3. The summed E-state index contributed by atoms with van der Waals surface area (Å²) in [5.41, 5.74) is 1.42. The fraction of sp³-hybridized carbons (Fsp3) is 0.391. The van der Waals surface area contributed by atoms with Crippen LogP contribution in [0.3, 0.4) is 0 Å². The van der Waals surface area contributed by atoms with E-state index in [0.29, 0.717) is 42.9 Å². The molecule has 1 aliphatic carbocycles. The van der Waals surface area contributed by atoms with Crippen LogP contribution < -0.4 is 20.7 Å². The van der Waals surface area contributed by atoms with E-state index in [4.69, 9.17) is 4.74 Å². The lowest BCUT2D eigenvalue weighted by Crippen LogP contribution is -2.42. The van der Waals surface area contributed by atoms with Gasteiger partial charge >= 0.3 is 0 Å². The number of amides is 1. The van der Waals surface area contributed by atoms with Crippen molar-refractivity contribution in [1.29, 1.82) is 0 Å². The maximum Gasteiger partial charge on any atom is 0.251 e. The molecule has 0 saturated heterocycles. The predicted molar refractivity (Wildman–Crippen MR) is 116 cm³/mol. The van der Waals surface area contributed by atoms with Gasteiger partial charge in [-0.2, -0.15) is 0 Å². The van der Waals surface area contributed by atoms with Gasteiger partial charge in [-0.1, -0.05) is 24.3 Å². The lowest BCUT2D eigenvalue weighted by Gasteiger charge is -2.19. The van der Waals surface area contributed by atoms with Crippen molar-refractivity contribution in [1.82, 2.24) is 16.0 Å². The Bertz CT molecular complexity index is 869. The third-order valence-corrected chi connectivity index (χ3v) is 4.94. The van der Waals surface area contributed by atoms with E-state index in [1.54, 1.807) is 25.2 Å². The van der Waals surface area contributed by atoms with Gasteiger partial charge in [-0.15, -0.1) is 0 Å². The van der Waals surface area contributed by atoms with Crippen LogP contribution in [0.5, 0.6) is 5.75 Å². The number of carbonyl (C=O) groups excluding carboxylic acids is 1. The van der Waals surface area contributed by atoms with Crippen LogP contribution in [0.25, 0.3) is 0 Å². The molecule has 0 aromatic heterocycles. The van der Waals surface area contributed by atoms with E-state index in [1.165, 1.54) is 18.9 Å². The SMILES string of the molecule is CN=C(NCCNC(=O)c1ccccc1)NC(C)c1ccc(OCC2CC2)c(F)c1. The molecule has 6 nitrogen and oxygen atoms in total. The molecule has 1 saturated carbocycles.